The summed E-state index contributed by atoms with van der Waals surface area (Å²) in [5, 5.41) is 3.22. The number of nitrogens with two attached hydrogens (primary N) is 1. The minimum Gasteiger partial charge on any atom is -0.328 e. The van der Waals surface area contributed by atoms with Gasteiger partial charge in [-0.05, 0) is 18.8 Å². The van der Waals surface area contributed by atoms with Crippen molar-refractivity contribution in [1.82, 2.24) is 4.98 Å². The lowest BCUT2D eigenvalue weighted by molar-refractivity contribution is 0.473. The van der Waals surface area contributed by atoms with E-state index in [1.807, 2.05) is 11.6 Å². The second-order valence-electron chi connectivity index (χ2n) is 3.85. The van der Waals surface area contributed by atoms with Crippen LogP contribution in [0.4, 0.5) is 0 Å². The molecule has 1 aromatic rings. The van der Waals surface area contributed by atoms with Gasteiger partial charge in [-0.2, -0.15) is 0 Å². The van der Waals surface area contributed by atoms with E-state index in [-0.39, 0.29) is 0 Å². The van der Waals surface area contributed by atoms with Gasteiger partial charge in [-0.15, -0.1) is 11.3 Å². The van der Waals surface area contributed by atoms with Crippen LogP contribution in [0.25, 0.3) is 0 Å². The van der Waals surface area contributed by atoms with E-state index in [0.717, 1.165) is 19.3 Å². The smallest absolute Gasteiger partial charge is 0.0925 e. The van der Waals surface area contributed by atoms with Gasteiger partial charge in [0.05, 0.1) is 5.01 Å². The first-order valence-corrected chi connectivity index (χ1v) is 5.70. The number of hydrogen-bond acceptors (Lipinski definition) is 3. The molecule has 0 saturated heterocycles. The average molecular weight is 198 g/mol. The standard InChI is InChI=1S/C10H18N2S/c1-8(2)7-9(11)3-4-10-12-5-6-13-10/h5-6,8-9H,3-4,7,11H2,1-2H3. The minimum atomic E-state index is 0.337. The summed E-state index contributed by atoms with van der Waals surface area (Å²) in [6.07, 6.45) is 5.07. The van der Waals surface area contributed by atoms with E-state index in [4.69, 9.17) is 5.73 Å². The van der Waals surface area contributed by atoms with Gasteiger partial charge in [-0.25, -0.2) is 4.98 Å². The van der Waals surface area contributed by atoms with Crippen molar-refractivity contribution in [2.24, 2.45) is 11.7 Å². The molecule has 1 atom stereocenters. The number of rotatable bonds is 5. The Labute approximate surface area is 84.2 Å². The van der Waals surface area contributed by atoms with E-state index < -0.39 is 0 Å². The molecule has 1 rings (SSSR count). The lowest BCUT2D eigenvalue weighted by atomic mass is 10.0. The first-order valence-electron chi connectivity index (χ1n) is 4.82. The van der Waals surface area contributed by atoms with Crippen LogP contribution in [0, 0.1) is 5.92 Å². The SMILES string of the molecule is CC(C)CC(N)CCc1nccs1. The summed E-state index contributed by atoms with van der Waals surface area (Å²) in [6, 6.07) is 0.337. The van der Waals surface area contributed by atoms with Crippen LogP contribution in [0.5, 0.6) is 0 Å². The van der Waals surface area contributed by atoms with Gasteiger partial charge < -0.3 is 5.73 Å². The molecule has 0 aliphatic heterocycles. The molecule has 3 heteroatoms. The molecule has 0 bridgehead atoms. The Balaban J connectivity index is 2.19. The van der Waals surface area contributed by atoms with Gasteiger partial charge >= 0.3 is 0 Å². The molecule has 2 N–H and O–H groups in total. The third-order valence-electron chi connectivity index (χ3n) is 1.99. The number of aromatic nitrogens is 1. The molecule has 0 amide bonds. The predicted octanol–water partition coefficient (Wildman–Crippen LogP) is 2.45. The molecule has 0 spiro atoms. The maximum atomic E-state index is 5.97. The van der Waals surface area contributed by atoms with Gasteiger partial charge in [0.2, 0.25) is 0 Å². The fraction of sp³-hybridized carbons (Fsp3) is 0.700. The molecule has 0 aliphatic carbocycles. The Kier molecular flexibility index (Phi) is 4.39. The van der Waals surface area contributed by atoms with Gasteiger partial charge in [0.25, 0.3) is 0 Å². The van der Waals surface area contributed by atoms with Gasteiger partial charge in [-0.3, -0.25) is 0 Å². The zero-order valence-corrected chi connectivity index (χ0v) is 9.18. The highest BCUT2D eigenvalue weighted by Gasteiger charge is 2.06. The second-order valence-corrected chi connectivity index (χ2v) is 4.83. The molecular weight excluding hydrogens is 180 g/mol. The monoisotopic (exact) mass is 198 g/mol. The van der Waals surface area contributed by atoms with E-state index >= 15 is 0 Å². The average Bonchev–Trinajstić information content (AvgIpc) is 2.51. The molecule has 0 radical (unpaired) electrons. The maximum absolute atomic E-state index is 5.97. The van der Waals surface area contributed by atoms with Crippen LogP contribution in [-0.2, 0) is 6.42 Å². The third kappa shape index (κ3) is 4.39. The summed E-state index contributed by atoms with van der Waals surface area (Å²) in [5.41, 5.74) is 5.97. The van der Waals surface area contributed by atoms with E-state index in [1.165, 1.54) is 5.01 Å². The second kappa shape index (κ2) is 5.35. The summed E-state index contributed by atoms with van der Waals surface area (Å²) in [6.45, 7) is 4.42. The van der Waals surface area contributed by atoms with E-state index in [0.29, 0.717) is 12.0 Å². The van der Waals surface area contributed by atoms with Crippen LogP contribution in [0.1, 0.15) is 31.7 Å². The molecule has 1 aromatic heterocycles. The highest BCUT2D eigenvalue weighted by Crippen LogP contribution is 2.11. The van der Waals surface area contributed by atoms with Crippen LogP contribution >= 0.6 is 11.3 Å². The predicted molar refractivity (Wildman–Crippen MR) is 57.9 cm³/mol. The quantitative estimate of drug-likeness (QED) is 0.789. The van der Waals surface area contributed by atoms with Gasteiger partial charge in [0.1, 0.15) is 0 Å². The molecule has 0 saturated carbocycles. The molecular formula is C10H18N2S. The van der Waals surface area contributed by atoms with Gasteiger partial charge in [0, 0.05) is 24.0 Å². The van der Waals surface area contributed by atoms with E-state index in [1.54, 1.807) is 11.3 Å². The summed E-state index contributed by atoms with van der Waals surface area (Å²) in [4.78, 5) is 4.23. The van der Waals surface area contributed by atoms with Crippen molar-refractivity contribution in [3.8, 4) is 0 Å². The van der Waals surface area contributed by atoms with Crippen molar-refractivity contribution in [1.29, 1.82) is 0 Å². The Morgan fingerprint density at radius 1 is 1.54 bits per heavy atom. The lowest BCUT2D eigenvalue weighted by Crippen LogP contribution is -2.22. The van der Waals surface area contributed by atoms with E-state index in [9.17, 15) is 0 Å². The van der Waals surface area contributed by atoms with E-state index in [2.05, 4.69) is 18.8 Å². The van der Waals surface area contributed by atoms with Crippen LogP contribution in [0.3, 0.4) is 0 Å². The Bertz CT molecular complexity index is 219. The molecule has 74 valence electrons. The zero-order chi connectivity index (χ0) is 9.68. The molecule has 1 heterocycles. The van der Waals surface area contributed by atoms with Crippen molar-refractivity contribution < 1.29 is 0 Å². The summed E-state index contributed by atoms with van der Waals surface area (Å²) < 4.78 is 0. The summed E-state index contributed by atoms with van der Waals surface area (Å²) in [5.74, 6) is 0.700. The highest BCUT2D eigenvalue weighted by molar-refractivity contribution is 7.09. The third-order valence-corrected chi connectivity index (χ3v) is 2.83. The topological polar surface area (TPSA) is 38.9 Å². The summed E-state index contributed by atoms with van der Waals surface area (Å²) >= 11 is 1.72. The highest BCUT2D eigenvalue weighted by atomic mass is 32.1. The number of thiazole rings is 1. The van der Waals surface area contributed by atoms with Crippen molar-refractivity contribution in [2.75, 3.05) is 0 Å². The van der Waals surface area contributed by atoms with Crippen LogP contribution < -0.4 is 5.73 Å². The molecule has 0 aliphatic rings. The number of nitrogens with zero attached hydrogens (tertiary/aromatic N) is 1. The molecule has 1 unspecified atom stereocenters. The first-order chi connectivity index (χ1) is 6.18. The Morgan fingerprint density at radius 3 is 2.85 bits per heavy atom. The minimum absolute atomic E-state index is 0.337. The number of hydrogen-bond donors (Lipinski definition) is 1. The fourth-order valence-corrected chi connectivity index (χ4v) is 2.04. The Hall–Kier alpha value is -0.410. The number of aryl methyl sites for hydroxylation is 1. The van der Waals surface area contributed by atoms with Crippen molar-refractivity contribution in [2.45, 2.75) is 39.2 Å². The van der Waals surface area contributed by atoms with Gasteiger partial charge in [-0.1, -0.05) is 13.8 Å². The zero-order valence-electron chi connectivity index (χ0n) is 8.36. The summed E-state index contributed by atoms with van der Waals surface area (Å²) in [7, 11) is 0. The van der Waals surface area contributed by atoms with Crippen LogP contribution in [-0.4, -0.2) is 11.0 Å². The van der Waals surface area contributed by atoms with Crippen LogP contribution in [0.15, 0.2) is 11.6 Å². The van der Waals surface area contributed by atoms with Crippen molar-refractivity contribution in [3.63, 3.8) is 0 Å². The Morgan fingerprint density at radius 2 is 2.31 bits per heavy atom. The maximum Gasteiger partial charge on any atom is 0.0925 e. The molecule has 13 heavy (non-hydrogen) atoms. The normalized spacial score (nSPS) is 13.5. The first kappa shape index (κ1) is 10.7. The molecule has 0 fully saturated rings. The largest absolute Gasteiger partial charge is 0.328 e. The van der Waals surface area contributed by atoms with Crippen molar-refractivity contribution in [3.05, 3.63) is 16.6 Å². The molecule has 0 aromatic carbocycles. The van der Waals surface area contributed by atoms with Crippen molar-refractivity contribution >= 4 is 11.3 Å². The van der Waals surface area contributed by atoms with Gasteiger partial charge in [0.15, 0.2) is 0 Å². The lowest BCUT2D eigenvalue weighted by Gasteiger charge is -2.12. The molecule has 2 nitrogen and oxygen atoms in total. The van der Waals surface area contributed by atoms with Crippen LogP contribution in [0.2, 0.25) is 0 Å². The fourth-order valence-electron chi connectivity index (χ4n) is 1.41.